The number of hydrogen-bond donors (Lipinski definition) is 2. The Hall–Kier alpha value is -1.66. The van der Waals surface area contributed by atoms with E-state index in [2.05, 4.69) is 21.9 Å². The van der Waals surface area contributed by atoms with E-state index in [4.69, 9.17) is 4.74 Å². The molecule has 21 heavy (non-hydrogen) atoms. The van der Waals surface area contributed by atoms with Gasteiger partial charge in [0.1, 0.15) is 12.0 Å². The van der Waals surface area contributed by atoms with Crippen molar-refractivity contribution in [1.29, 1.82) is 0 Å². The molecule has 0 aromatic rings. The lowest BCUT2D eigenvalue weighted by atomic mass is 9.68. The maximum atomic E-state index is 12.7. The van der Waals surface area contributed by atoms with E-state index in [0.29, 0.717) is 19.1 Å². The molecule has 0 saturated carbocycles. The van der Waals surface area contributed by atoms with Gasteiger partial charge in [0.05, 0.1) is 6.54 Å². The Morgan fingerprint density at radius 2 is 2.43 bits per heavy atom. The maximum absolute atomic E-state index is 12.7. The molecule has 0 spiro atoms. The molecule has 0 aromatic heterocycles. The summed E-state index contributed by atoms with van der Waals surface area (Å²) < 4.78 is 5.54. The lowest BCUT2D eigenvalue weighted by Gasteiger charge is -2.38. The summed E-state index contributed by atoms with van der Waals surface area (Å²) in [5.74, 6) is 0.187. The summed E-state index contributed by atoms with van der Waals surface area (Å²) in [6.07, 6.45) is 6.54. The van der Waals surface area contributed by atoms with Crippen LogP contribution < -0.4 is 10.9 Å². The number of allylic oxidation sites excluding steroid dienone is 2. The fourth-order valence-corrected chi connectivity index (χ4v) is 3.10. The summed E-state index contributed by atoms with van der Waals surface area (Å²) in [6.45, 7) is 2.48. The number of dihydropyridines is 1. The van der Waals surface area contributed by atoms with Crippen molar-refractivity contribution in [3.8, 4) is 0 Å². The van der Waals surface area contributed by atoms with Gasteiger partial charge in [-0.25, -0.2) is 5.43 Å². The number of carbonyl (C=O) groups excluding carboxylic acids is 1. The molecule has 0 amide bonds. The number of nitrogens with one attached hydrogen (secondary N) is 2. The van der Waals surface area contributed by atoms with Crippen molar-refractivity contribution in [3.63, 3.8) is 0 Å². The maximum Gasteiger partial charge on any atom is 0.318 e. The second kappa shape index (κ2) is 5.61. The third-order valence-corrected chi connectivity index (χ3v) is 4.36. The van der Waals surface area contributed by atoms with Crippen LogP contribution in [0.1, 0.15) is 6.42 Å². The fraction of sp³-hybridized carbons (Fsp3) is 0.600. The minimum atomic E-state index is -0.608. The van der Waals surface area contributed by atoms with Gasteiger partial charge < -0.3 is 15.1 Å². The predicted molar refractivity (Wildman–Crippen MR) is 80.7 cm³/mol. The van der Waals surface area contributed by atoms with Gasteiger partial charge in [-0.3, -0.25) is 9.79 Å². The number of aliphatic imine (C=N–C) groups is 1. The van der Waals surface area contributed by atoms with Gasteiger partial charge in [-0.15, -0.1) is 0 Å². The summed E-state index contributed by atoms with van der Waals surface area (Å²) >= 11 is 0. The molecule has 0 radical (unpaired) electrons. The van der Waals surface area contributed by atoms with Crippen LogP contribution in [0.5, 0.6) is 0 Å². The molecule has 2 heterocycles. The van der Waals surface area contributed by atoms with Crippen LogP contribution in [0.25, 0.3) is 0 Å². The summed E-state index contributed by atoms with van der Waals surface area (Å²) in [6, 6.07) is 0. The molecule has 2 unspecified atom stereocenters. The number of likely N-dealkylation sites (N-methyl/N-ethyl adjacent to an activating group) is 1. The Morgan fingerprint density at radius 1 is 1.57 bits per heavy atom. The minimum Gasteiger partial charge on any atom is -0.464 e. The van der Waals surface area contributed by atoms with Gasteiger partial charge in [-0.05, 0) is 38.2 Å². The summed E-state index contributed by atoms with van der Waals surface area (Å²) in [4.78, 5) is 19.0. The Kier molecular flexibility index (Phi) is 3.82. The topological polar surface area (TPSA) is 66.0 Å². The number of hydrogen-bond acceptors (Lipinski definition) is 6. The van der Waals surface area contributed by atoms with Crippen LogP contribution in [-0.2, 0) is 9.53 Å². The number of esters is 1. The molecule has 0 bridgehead atoms. The second-order valence-corrected chi connectivity index (χ2v) is 6.14. The smallest absolute Gasteiger partial charge is 0.318 e. The van der Waals surface area contributed by atoms with Crippen LogP contribution in [0, 0.1) is 11.3 Å². The molecule has 2 N–H and O–H groups in total. The predicted octanol–water partition coefficient (Wildman–Crippen LogP) is 0.100. The summed E-state index contributed by atoms with van der Waals surface area (Å²) in [5.41, 5.74) is 7.88. The van der Waals surface area contributed by atoms with Crippen molar-refractivity contribution in [3.05, 3.63) is 23.4 Å². The molecule has 3 rings (SSSR count). The first-order valence-corrected chi connectivity index (χ1v) is 7.35. The van der Waals surface area contributed by atoms with E-state index < -0.39 is 5.41 Å². The van der Waals surface area contributed by atoms with Gasteiger partial charge in [0.25, 0.3) is 0 Å². The van der Waals surface area contributed by atoms with Crippen LogP contribution in [0.3, 0.4) is 0 Å². The molecular formula is C15H22N4O2. The van der Waals surface area contributed by atoms with Crippen molar-refractivity contribution in [2.24, 2.45) is 16.3 Å². The molecule has 2 aliphatic heterocycles. The highest BCUT2D eigenvalue weighted by atomic mass is 16.5. The van der Waals surface area contributed by atoms with Crippen LogP contribution in [-0.4, -0.2) is 57.4 Å². The first kappa shape index (κ1) is 14.3. The highest BCUT2D eigenvalue weighted by Gasteiger charge is 2.49. The Balaban J connectivity index is 1.79. The molecule has 1 aliphatic carbocycles. The molecule has 2 atom stereocenters. The van der Waals surface area contributed by atoms with E-state index in [-0.39, 0.29) is 5.97 Å². The molecule has 1 fully saturated rings. The first-order chi connectivity index (χ1) is 10.1. The zero-order valence-corrected chi connectivity index (χ0v) is 12.6. The average Bonchev–Trinajstić information content (AvgIpc) is 2.90. The molecule has 6 heteroatoms. The Bertz CT molecular complexity index is 524. The van der Waals surface area contributed by atoms with E-state index in [0.717, 1.165) is 30.8 Å². The number of rotatable bonds is 4. The zero-order valence-electron chi connectivity index (χ0n) is 12.6. The van der Waals surface area contributed by atoms with Gasteiger partial charge in [0.2, 0.25) is 0 Å². The van der Waals surface area contributed by atoms with E-state index in [1.165, 1.54) is 0 Å². The van der Waals surface area contributed by atoms with Crippen molar-refractivity contribution in [1.82, 2.24) is 15.8 Å². The standard InChI is InChI=1S/C15H22N4O2/c1-19(2)5-6-21-14(20)15-8-11-9-17-18-13(11)7-12(15)3-4-16-10-15/h3-4,7,11,17-18H,5-6,8-10H2,1-2H3. The summed E-state index contributed by atoms with van der Waals surface area (Å²) in [5, 5.41) is 0. The van der Waals surface area contributed by atoms with Crippen LogP contribution in [0.15, 0.2) is 28.4 Å². The highest BCUT2D eigenvalue weighted by molar-refractivity contribution is 5.88. The molecule has 1 saturated heterocycles. The van der Waals surface area contributed by atoms with Crippen LogP contribution >= 0.6 is 0 Å². The number of ether oxygens (including phenoxy) is 1. The lowest BCUT2D eigenvalue weighted by molar-refractivity contribution is -0.154. The molecule has 6 nitrogen and oxygen atoms in total. The SMILES string of the molecule is CN(C)CCOC(=O)C12CN=CC=C1C=C1NNCC1C2. The normalized spacial score (nSPS) is 30.1. The number of hydrazine groups is 1. The van der Waals surface area contributed by atoms with E-state index >= 15 is 0 Å². The number of carbonyl (C=O) groups is 1. The third-order valence-electron chi connectivity index (χ3n) is 4.36. The monoisotopic (exact) mass is 290 g/mol. The highest BCUT2D eigenvalue weighted by Crippen LogP contribution is 2.45. The fourth-order valence-electron chi connectivity index (χ4n) is 3.10. The minimum absolute atomic E-state index is 0.144. The molecular weight excluding hydrogens is 268 g/mol. The van der Waals surface area contributed by atoms with Crippen LogP contribution in [0.4, 0.5) is 0 Å². The van der Waals surface area contributed by atoms with Crippen molar-refractivity contribution < 1.29 is 9.53 Å². The Morgan fingerprint density at radius 3 is 3.24 bits per heavy atom. The Labute approximate surface area is 124 Å². The summed E-state index contributed by atoms with van der Waals surface area (Å²) in [7, 11) is 3.93. The van der Waals surface area contributed by atoms with Crippen molar-refractivity contribution in [2.45, 2.75) is 6.42 Å². The van der Waals surface area contributed by atoms with E-state index in [1.54, 1.807) is 6.21 Å². The lowest BCUT2D eigenvalue weighted by Crippen LogP contribution is -2.44. The first-order valence-electron chi connectivity index (χ1n) is 7.35. The molecule has 114 valence electrons. The van der Waals surface area contributed by atoms with Gasteiger partial charge in [0, 0.05) is 30.9 Å². The quantitative estimate of drug-likeness (QED) is 0.719. The van der Waals surface area contributed by atoms with Crippen LogP contribution in [0.2, 0.25) is 0 Å². The van der Waals surface area contributed by atoms with Crippen molar-refractivity contribution in [2.75, 3.05) is 40.3 Å². The van der Waals surface area contributed by atoms with Gasteiger partial charge in [-0.2, -0.15) is 0 Å². The number of fused-ring (bicyclic) bond motifs is 2. The molecule has 3 aliphatic rings. The van der Waals surface area contributed by atoms with E-state index in [1.807, 2.05) is 25.1 Å². The number of nitrogens with zero attached hydrogens (tertiary/aromatic N) is 2. The van der Waals surface area contributed by atoms with Gasteiger partial charge in [-0.1, -0.05) is 0 Å². The third kappa shape index (κ3) is 2.61. The van der Waals surface area contributed by atoms with Crippen molar-refractivity contribution >= 4 is 12.2 Å². The largest absolute Gasteiger partial charge is 0.464 e. The molecule has 0 aromatic carbocycles. The second-order valence-electron chi connectivity index (χ2n) is 6.14. The zero-order chi connectivity index (χ0) is 14.9. The van der Waals surface area contributed by atoms with Gasteiger partial charge >= 0.3 is 5.97 Å². The average molecular weight is 290 g/mol. The van der Waals surface area contributed by atoms with E-state index in [9.17, 15) is 4.79 Å². The van der Waals surface area contributed by atoms with Gasteiger partial charge in [0.15, 0.2) is 0 Å².